The van der Waals surface area contributed by atoms with Crippen LogP contribution in [0.15, 0.2) is 18.5 Å². The van der Waals surface area contributed by atoms with Crippen molar-refractivity contribution in [1.82, 2.24) is 20.5 Å². The van der Waals surface area contributed by atoms with E-state index in [1.807, 2.05) is 6.07 Å². The van der Waals surface area contributed by atoms with Crippen LogP contribution in [0, 0.1) is 23.2 Å². The predicted molar refractivity (Wildman–Crippen MR) is 127 cm³/mol. The zero-order valence-electron chi connectivity index (χ0n) is 19.8. The second kappa shape index (κ2) is 10.5. The van der Waals surface area contributed by atoms with Gasteiger partial charge < -0.3 is 20.9 Å². The van der Waals surface area contributed by atoms with E-state index in [1.165, 1.54) is 17.3 Å². The highest BCUT2D eigenvalue weighted by Gasteiger charge is 2.60. The summed E-state index contributed by atoms with van der Waals surface area (Å²) < 4.78 is 29.8. The molecule has 4 heterocycles. The van der Waals surface area contributed by atoms with Crippen LogP contribution < -0.4 is 16.0 Å². The molecule has 1 aliphatic carbocycles. The van der Waals surface area contributed by atoms with Crippen LogP contribution in [0.25, 0.3) is 0 Å². The number of anilines is 1. The average molecular weight is 523 g/mol. The first kappa shape index (κ1) is 26.1. The average Bonchev–Trinajstić information content (AvgIpc) is 2.83. The van der Waals surface area contributed by atoms with E-state index in [4.69, 9.17) is 11.6 Å². The monoisotopic (exact) mass is 522 g/mol. The van der Waals surface area contributed by atoms with Crippen molar-refractivity contribution in [1.29, 1.82) is 5.26 Å². The Labute approximate surface area is 212 Å². The Bertz CT molecular complexity index is 1070. The summed E-state index contributed by atoms with van der Waals surface area (Å²) in [6, 6.07) is -0.547. The summed E-state index contributed by atoms with van der Waals surface area (Å²) in [5, 5.41) is 18.3. The topological polar surface area (TPSA) is 127 Å². The summed E-state index contributed by atoms with van der Waals surface area (Å²) in [5.41, 5.74) is 0.479. The summed E-state index contributed by atoms with van der Waals surface area (Å²) in [7, 11) is 0. The zero-order valence-corrected chi connectivity index (χ0v) is 20.6. The Morgan fingerprint density at radius 1 is 1.36 bits per heavy atom. The molecule has 0 aromatic carbocycles. The molecule has 4 aliphatic rings. The summed E-state index contributed by atoms with van der Waals surface area (Å²) in [5.74, 6) is -6.39. The third-order valence-electron chi connectivity index (χ3n) is 7.31. The predicted octanol–water partition coefficient (Wildman–Crippen LogP) is 2.47. The molecule has 5 rings (SSSR count). The van der Waals surface area contributed by atoms with Gasteiger partial charge in [0.2, 0.25) is 17.7 Å². The van der Waals surface area contributed by atoms with Gasteiger partial charge in [-0.25, -0.2) is 8.78 Å². The van der Waals surface area contributed by atoms with Crippen molar-refractivity contribution in [3.05, 3.63) is 23.5 Å². The minimum Gasteiger partial charge on any atom is -0.373 e. The highest BCUT2D eigenvalue weighted by molar-refractivity contribution is 6.30. The number of amides is 3. The molecule has 3 saturated heterocycles. The molecule has 12 heteroatoms. The van der Waals surface area contributed by atoms with E-state index < -0.39 is 60.2 Å². The lowest BCUT2D eigenvalue weighted by molar-refractivity contribution is -0.194. The fourth-order valence-corrected chi connectivity index (χ4v) is 5.77. The smallest absolute Gasteiger partial charge is 0.255 e. The molecule has 9 nitrogen and oxygen atoms in total. The number of carbonyl (C=O) groups excluding carboxylic acids is 3. The quantitative estimate of drug-likeness (QED) is 0.505. The molecule has 0 unspecified atom stereocenters. The molecular formula is C24H29ClF2N6O3. The van der Waals surface area contributed by atoms with Crippen LogP contribution >= 0.6 is 11.6 Å². The number of piperidine rings is 3. The van der Waals surface area contributed by atoms with Crippen LogP contribution in [-0.4, -0.2) is 64.2 Å². The lowest BCUT2D eigenvalue weighted by atomic mass is 9.71. The second-order valence-electron chi connectivity index (χ2n) is 9.81. The number of alkyl halides is 2. The van der Waals surface area contributed by atoms with Gasteiger partial charge in [-0.3, -0.25) is 19.4 Å². The minimum absolute atomic E-state index is 0.0823. The highest BCUT2D eigenvalue weighted by Crippen LogP contribution is 2.49. The number of hydrogen-bond acceptors (Lipinski definition) is 6. The highest BCUT2D eigenvalue weighted by atomic mass is 35.5. The number of halogens is 3. The van der Waals surface area contributed by atoms with Crippen molar-refractivity contribution in [3.63, 3.8) is 0 Å². The molecule has 0 radical (unpaired) electrons. The number of nitrogens with zero attached hydrogens (tertiary/aromatic N) is 3. The Morgan fingerprint density at radius 2 is 2.14 bits per heavy atom. The van der Waals surface area contributed by atoms with Gasteiger partial charge in [-0.2, -0.15) is 5.26 Å². The minimum atomic E-state index is -3.11. The van der Waals surface area contributed by atoms with Crippen molar-refractivity contribution in [2.24, 2.45) is 11.8 Å². The molecule has 3 amide bonds. The van der Waals surface area contributed by atoms with E-state index in [0.717, 1.165) is 6.42 Å². The van der Waals surface area contributed by atoms with Gasteiger partial charge in [-0.15, -0.1) is 0 Å². The lowest BCUT2D eigenvalue weighted by Crippen LogP contribution is -2.70. The summed E-state index contributed by atoms with van der Waals surface area (Å²) in [6.07, 6.45) is 4.30. The molecule has 0 spiro atoms. The van der Waals surface area contributed by atoms with E-state index in [9.17, 15) is 28.4 Å². The standard InChI is InChI=1S/C24H29ClF2N6O3/c1-13(31-17-8-15(25)11-29-12-17)23(36)33-18-4-5-19(24(26,27)9-18)20(33)22(35)32-16(10-28)7-14-3-2-6-30-21(14)34/h8,11-14,16,18-20,31H,2-7,9H2,1H3,(H,30,34)(H,32,35)/t13-,14-,16+,18-,19-,20+/m1/s1. The molecule has 3 aliphatic heterocycles. The first-order valence-electron chi connectivity index (χ1n) is 12.2. The number of fused-ring (bicyclic) bond motifs is 3. The van der Waals surface area contributed by atoms with Crippen molar-refractivity contribution in [2.45, 2.75) is 75.5 Å². The molecule has 36 heavy (non-hydrogen) atoms. The Hall–Kier alpha value is -3.00. The maximum Gasteiger partial charge on any atom is 0.255 e. The Morgan fingerprint density at radius 3 is 2.81 bits per heavy atom. The molecule has 1 saturated carbocycles. The Kier molecular flexibility index (Phi) is 7.64. The maximum absolute atomic E-state index is 14.9. The van der Waals surface area contributed by atoms with Crippen molar-refractivity contribution in [2.75, 3.05) is 11.9 Å². The molecule has 1 aromatic heterocycles. The van der Waals surface area contributed by atoms with Gasteiger partial charge in [0.25, 0.3) is 5.92 Å². The molecule has 6 atom stereocenters. The van der Waals surface area contributed by atoms with Gasteiger partial charge in [-0.1, -0.05) is 11.6 Å². The van der Waals surface area contributed by atoms with Crippen LogP contribution in [0.2, 0.25) is 5.02 Å². The lowest BCUT2D eigenvalue weighted by Gasteiger charge is -2.54. The van der Waals surface area contributed by atoms with Gasteiger partial charge >= 0.3 is 0 Å². The number of nitrogens with one attached hydrogen (secondary N) is 3. The van der Waals surface area contributed by atoms with Gasteiger partial charge in [-0.05, 0) is 45.1 Å². The number of nitriles is 1. The SMILES string of the molecule is C[C@@H](Nc1cncc(Cl)c1)C(=O)N1[C@@H]2CC[C@H]([C@H]1C(=O)N[C@H](C#N)C[C@H]1CCCNC1=O)C(F)(F)C2. The number of carbonyl (C=O) groups is 3. The van der Waals surface area contributed by atoms with Crippen LogP contribution in [-0.2, 0) is 14.4 Å². The number of pyridine rings is 1. The van der Waals surface area contributed by atoms with Gasteiger partial charge in [0.05, 0.1) is 28.9 Å². The molecule has 194 valence electrons. The second-order valence-corrected chi connectivity index (χ2v) is 10.2. The maximum atomic E-state index is 14.9. The number of rotatable bonds is 7. The number of hydrogen-bond donors (Lipinski definition) is 3. The fraction of sp³-hybridized carbons (Fsp3) is 0.625. The largest absolute Gasteiger partial charge is 0.373 e. The van der Waals surface area contributed by atoms with Crippen molar-refractivity contribution >= 4 is 35.0 Å². The van der Waals surface area contributed by atoms with E-state index in [-0.39, 0.29) is 18.7 Å². The zero-order chi connectivity index (χ0) is 26.0. The molecule has 4 fully saturated rings. The van der Waals surface area contributed by atoms with Crippen LogP contribution in [0.1, 0.15) is 45.4 Å². The molecule has 2 bridgehead atoms. The van der Waals surface area contributed by atoms with E-state index in [0.29, 0.717) is 30.1 Å². The van der Waals surface area contributed by atoms with Crippen LogP contribution in [0.5, 0.6) is 0 Å². The van der Waals surface area contributed by atoms with E-state index in [1.54, 1.807) is 13.0 Å². The van der Waals surface area contributed by atoms with Gasteiger partial charge in [0, 0.05) is 31.1 Å². The first-order valence-corrected chi connectivity index (χ1v) is 12.5. The van der Waals surface area contributed by atoms with Crippen molar-refractivity contribution in [3.8, 4) is 6.07 Å². The third-order valence-corrected chi connectivity index (χ3v) is 7.52. The van der Waals surface area contributed by atoms with Crippen LogP contribution in [0.4, 0.5) is 14.5 Å². The summed E-state index contributed by atoms with van der Waals surface area (Å²) >= 11 is 5.96. The summed E-state index contributed by atoms with van der Waals surface area (Å²) in [6.45, 7) is 2.14. The van der Waals surface area contributed by atoms with Crippen molar-refractivity contribution < 1.29 is 23.2 Å². The fourth-order valence-electron chi connectivity index (χ4n) is 5.60. The summed E-state index contributed by atoms with van der Waals surface area (Å²) in [4.78, 5) is 44.2. The molecule has 1 aromatic rings. The number of aromatic nitrogens is 1. The molecular weight excluding hydrogens is 494 g/mol. The van der Waals surface area contributed by atoms with Gasteiger partial charge in [0.15, 0.2) is 0 Å². The van der Waals surface area contributed by atoms with Crippen LogP contribution in [0.3, 0.4) is 0 Å². The van der Waals surface area contributed by atoms with Gasteiger partial charge in [0.1, 0.15) is 18.1 Å². The molecule has 3 N–H and O–H groups in total. The van der Waals surface area contributed by atoms with E-state index >= 15 is 0 Å². The van der Waals surface area contributed by atoms with E-state index in [2.05, 4.69) is 20.9 Å². The third kappa shape index (κ3) is 5.38. The Balaban J connectivity index is 1.52. The normalized spacial score (nSPS) is 28.4. The first-order chi connectivity index (χ1) is 17.1.